The van der Waals surface area contributed by atoms with Crippen molar-refractivity contribution in [3.63, 3.8) is 0 Å². The van der Waals surface area contributed by atoms with E-state index in [-0.39, 0.29) is 11.6 Å². The van der Waals surface area contributed by atoms with Crippen molar-refractivity contribution >= 4 is 17.5 Å². The monoisotopic (exact) mass is 473 g/mol. The summed E-state index contributed by atoms with van der Waals surface area (Å²) in [4.78, 5) is 23.1. The zero-order valence-corrected chi connectivity index (χ0v) is 20.3. The third-order valence-corrected chi connectivity index (χ3v) is 7.62. The highest BCUT2D eigenvalue weighted by Gasteiger charge is 2.38. The molecule has 0 unspecified atom stereocenters. The Morgan fingerprint density at radius 2 is 2.00 bits per heavy atom. The summed E-state index contributed by atoms with van der Waals surface area (Å²) in [5, 5.41) is 7.82. The van der Waals surface area contributed by atoms with Crippen LogP contribution in [0.15, 0.2) is 6.07 Å². The van der Waals surface area contributed by atoms with Crippen LogP contribution >= 0.6 is 0 Å². The second-order valence-corrected chi connectivity index (χ2v) is 9.85. The average molecular weight is 474 g/mol. The van der Waals surface area contributed by atoms with Crippen LogP contribution in [-0.2, 0) is 19.4 Å². The third kappa shape index (κ3) is 3.81. The van der Waals surface area contributed by atoms with Crippen LogP contribution in [0.25, 0.3) is 0 Å². The van der Waals surface area contributed by atoms with Crippen LogP contribution in [0.5, 0.6) is 0 Å². The second kappa shape index (κ2) is 8.79. The molecule has 0 aromatic carbocycles. The van der Waals surface area contributed by atoms with Gasteiger partial charge in [-0.05, 0) is 52.8 Å². The predicted octanol–water partition coefficient (Wildman–Crippen LogP) is 3.57. The van der Waals surface area contributed by atoms with Crippen molar-refractivity contribution in [2.45, 2.75) is 64.1 Å². The van der Waals surface area contributed by atoms with Gasteiger partial charge in [0.15, 0.2) is 5.82 Å². The summed E-state index contributed by atoms with van der Waals surface area (Å²) in [5.74, 6) is 0.781. The van der Waals surface area contributed by atoms with Crippen molar-refractivity contribution < 1.29 is 13.6 Å². The molecule has 3 aliphatic rings. The minimum absolute atomic E-state index is 0.0289. The van der Waals surface area contributed by atoms with E-state index in [2.05, 4.69) is 38.9 Å². The fourth-order valence-corrected chi connectivity index (χ4v) is 5.50. The molecule has 2 aliphatic heterocycles. The molecule has 0 saturated heterocycles. The molecule has 1 saturated carbocycles. The van der Waals surface area contributed by atoms with E-state index in [0.717, 1.165) is 54.9 Å². The smallest absolute Gasteiger partial charge is 0.317 e. The fourth-order valence-electron chi connectivity index (χ4n) is 5.50. The Kier molecular flexibility index (Phi) is 5.95. The van der Waals surface area contributed by atoms with Crippen LogP contribution in [0.3, 0.4) is 0 Å². The van der Waals surface area contributed by atoms with Gasteiger partial charge < -0.3 is 20.0 Å². The first kappa shape index (κ1) is 23.0. The number of hydrogen-bond acceptors (Lipinski definition) is 5. The molecule has 10 heteroatoms. The topological polar surface area (TPSA) is 69.5 Å². The molecular weight excluding hydrogens is 440 g/mol. The minimum atomic E-state index is -2.57. The van der Waals surface area contributed by atoms with Crippen LogP contribution in [0.1, 0.15) is 59.9 Å². The number of halogens is 2. The molecule has 0 bridgehead atoms. The number of rotatable bonds is 4. The number of nitrogens with zero attached hydrogens (tertiary/aromatic N) is 6. The van der Waals surface area contributed by atoms with E-state index < -0.39 is 6.43 Å². The Balaban J connectivity index is 1.57. The van der Waals surface area contributed by atoms with Crippen LogP contribution in [-0.4, -0.2) is 70.9 Å². The van der Waals surface area contributed by atoms with Gasteiger partial charge in [-0.2, -0.15) is 5.10 Å². The Morgan fingerprint density at radius 1 is 1.24 bits per heavy atom. The van der Waals surface area contributed by atoms with Crippen LogP contribution in [0.2, 0.25) is 0 Å². The number of urea groups is 1. The number of carbonyl (C=O) groups is 1. The summed E-state index contributed by atoms with van der Waals surface area (Å²) in [6.45, 7) is 3.43. The van der Waals surface area contributed by atoms with E-state index in [1.807, 2.05) is 0 Å². The number of pyridine rings is 1. The zero-order chi connectivity index (χ0) is 24.1. The van der Waals surface area contributed by atoms with E-state index in [1.54, 1.807) is 24.9 Å². The van der Waals surface area contributed by atoms with Crippen LogP contribution < -0.4 is 10.2 Å². The van der Waals surface area contributed by atoms with Crippen molar-refractivity contribution in [3.05, 3.63) is 34.3 Å². The second-order valence-electron chi connectivity index (χ2n) is 9.85. The molecule has 0 atom stereocenters. The fraction of sp³-hybridized carbons (Fsp3) is 0.625. The summed E-state index contributed by atoms with van der Waals surface area (Å²) < 4.78 is 29.6. The number of fused-ring (bicyclic) bond motifs is 2. The van der Waals surface area contributed by atoms with E-state index in [1.165, 1.54) is 5.69 Å². The molecule has 5 rings (SSSR count). The van der Waals surface area contributed by atoms with E-state index in [9.17, 15) is 13.6 Å². The van der Waals surface area contributed by atoms with Gasteiger partial charge in [0.25, 0.3) is 6.43 Å². The highest BCUT2D eigenvalue weighted by molar-refractivity contribution is 5.75. The van der Waals surface area contributed by atoms with Gasteiger partial charge in [0.05, 0.1) is 24.0 Å². The summed E-state index contributed by atoms with van der Waals surface area (Å²) in [7, 11) is 5.84. The van der Waals surface area contributed by atoms with Crippen molar-refractivity contribution in [1.29, 1.82) is 0 Å². The zero-order valence-electron chi connectivity index (χ0n) is 20.3. The summed E-state index contributed by atoms with van der Waals surface area (Å²) in [6.07, 6.45) is 1.86. The maximum Gasteiger partial charge on any atom is 0.317 e. The molecule has 2 amide bonds. The molecule has 1 fully saturated rings. The quantitative estimate of drug-likeness (QED) is 0.735. The molecule has 184 valence electrons. The molecule has 2 aromatic heterocycles. The first-order valence-electron chi connectivity index (χ1n) is 12.1. The minimum Gasteiger partial charge on any atom is -0.341 e. The molecule has 0 spiro atoms. The van der Waals surface area contributed by atoms with Gasteiger partial charge in [-0.1, -0.05) is 0 Å². The summed E-state index contributed by atoms with van der Waals surface area (Å²) in [6, 6.07) is 2.34. The largest absolute Gasteiger partial charge is 0.341 e. The number of carbonyl (C=O) groups excluding carboxylic acids is 1. The normalized spacial score (nSPS) is 22.0. The number of aryl methyl sites for hydroxylation is 2. The van der Waals surface area contributed by atoms with Gasteiger partial charge in [0.2, 0.25) is 0 Å². The average Bonchev–Trinajstić information content (AvgIpc) is 3.14. The lowest BCUT2D eigenvalue weighted by molar-refractivity contribution is 0.118. The van der Waals surface area contributed by atoms with E-state index in [4.69, 9.17) is 5.10 Å². The number of amides is 2. The first-order chi connectivity index (χ1) is 16.3. The van der Waals surface area contributed by atoms with Gasteiger partial charge >= 0.3 is 6.03 Å². The lowest BCUT2D eigenvalue weighted by atomic mass is 9.85. The van der Waals surface area contributed by atoms with Gasteiger partial charge in [-0.25, -0.2) is 13.6 Å². The van der Waals surface area contributed by atoms with Gasteiger partial charge in [-0.3, -0.25) is 9.67 Å². The molecular formula is C24H33F2N7O. The Labute approximate surface area is 198 Å². The highest BCUT2D eigenvalue weighted by Crippen LogP contribution is 2.42. The Morgan fingerprint density at radius 3 is 2.68 bits per heavy atom. The van der Waals surface area contributed by atoms with Crippen molar-refractivity contribution in [1.82, 2.24) is 29.9 Å². The van der Waals surface area contributed by atoms with E-state index >= 15 is 0 Å². The number of anilines is 2. The molecule has 8 nitrogen and oxygen atoms in total. The maximum absolute atomic E-state index is 13.7. The predicted molar refractivity (Wildman–Crippen MR) is 126 cm³/mol. The first-order valence-corrected chi connectivity index (χ1v) is 12.1. The lowest BCUT2D eigenvalue weighted by Crippen LogP contribution is -2.44. The Bertz CT molecular complexity index is 1090. The van der Waals surface area contributed by atoms with Crippen LogP contribution in [0, 0.1) is 6.92 Å². The molecule has 1 N–H and O–H groups in total. The van der Waals surface area contributed by atoms with E-state index in [0.29, 0.717) is 37.4 Å². The van der Waals surface area contributed by atoms with Gasteiger partial charge in [0.1, 0.15) is 0 Å². The molecule has 2 aromatic rings. The Hall–Kier alpha value is -2.75. The maximum atomic E-state index is 13.7. The molecule has 4 heterocycles. The number of hydrogen-bond donors (Lipinski definition) is 1. The van der Waals surface area contributed by atoms with Gasteiger partial charge in [-0.15, -0.1) is 0 Å². The van der Waals surface area contributed by atoms with Crippen molar-refractivity contribution in [2.24, 2.45) is 0 Å². The SMILES string of the molecule is CNC(=O)N1CCc2c(c(N3CCCc4nc(C)c(C(F)F)cc43)nn2C2CC(N(C)C)C2)C1. The lowest BCUT2D eigenvalue weighted by Gasteiger charge is -2.40. The highest BCUT2D eigenvalue weighted by atomic mass is 19.3. The van der Waals surface area contributed by atoms with Crippen molar-refractivity contribution in [3.8, 4) is 0 Å². The number of alkyl halides is 2. The summed E-state index contributed by atoms with van der Waals surface area (Å²) in [5.41, 5.74) is 4.11. The standard InChI is InChI=1S/C24H33F2N7O/c1-14-17(22(25)26)12-21-19(28-14)6-5-8-32(21)23-18-13-31(24(34)27-2)9-7-20(18)33(29-23)16-10-15(11-16)30(3)4/h12,15-16,22H,5-11,13H2,1-4H3,(H,27,34). The summed E-state index contributed by atoms with van der Waals surface area (Å²) >= 11 is 0. The number of aromatic nitrogens is 3. The molecule has 34 heavy (non-hydrogen) atoms. The van der Waals surface area contributed by atoms with Crippen LogP contribution in [0.4, 0.5) is 25.1 Å². The molecule has 1 aliphatic carbocycles. The van der Waals surface area contributed by atoms with Crippen molar-refractivity contribution in [2.75, 3.05) is 39.1 Å². The van der Waals surface area contributed by atoms with Gasteiger partial charge in [0, 0.05) is 55.1 Å². The number of nitrogens with one attached hydrogen (secondary N) is 1. The molecule has 0 radical (unpaired) electrons. The third-order valence-electron chi connectivity index (χ3n) is 7.62.